The largest absolute Gasteiger partial charge is 0.383 e. The molecular weight excluding hydrogens is 276 g/mol. The van der Waals surface area contributed by atoms with Crippen molar-refractivity contribution in [3.63, 3.8) is 0 Å². The Labute approximate surface area is 123 Å². The van der Waals surface area contributed by atoms with Crippen LogP contribution in [0.5, 0.6) is 0 Å². The molecule has 0 spiro atoms. The summed E-state index contributed by atoms with van der Waals surface area (Å²) in [5.74, 6) is 0.255. The first kappa shape index (κ1) is 15.1. The molecule has 1 aliphatic rings. The third-order valence-corrected chi connectivity index (χ3v) is 4.56. The van der Waals surface area contributed by atoms with Gasteiger partial charge in [0.15, 0.2) is 5.13 Å². The fraction of sp³-hybridized carbons (Fsp3) is 0.692. The Hall–Kier alpha value is -1.34. The third-order valence-electron chi connectivity index (χ3n) is 3.44. The fourth-order valence-electron chi connectivity index (χ4n) is 2.20. The molecule has 20 heavy (non-hydrogen) atoms. The van der Waals surface area contributed by atoms with Crippen LogP contribution in [0.25, 0.3) is 0 Å². The number of methoxy groups -OCH3 is 1. The van der Waals surface area contributed by atoms with E-state index in [0.717, 1.165) is 18.2 Å². The van der Waals surface area contributed by atoms with Crippen molar-refractivity contribution in [3.8, 4) is 0 Å². The molecule has 0 bridgehead atoms. The van der Waals surface area contributed by atoms with Crippen LogP contribution < -0.4 is 10.6 Å². The molecule has 1 aromatic rings. The average Bonchev–Trinajstić information content (AvgIpc) is 2.87. The van der Waals surface area contributed by atoms with Crippen LogP contribution in [0.2, 0.25) is 0 Å². The van der Waals surface area contributed by atoms with Crippen molar-refractivity contribution < 1.29 is 9.53 Å². The molecule has 0 unspecified atom stereocenters. The first-order valence-corrected chi connectivity index (χ1v) is 7.70. The Morgan fingerprint density at radius 2 is 2.15 bits per heavy atom. The lowest BCUT2D eigenvalue weighted by atomic mass is 10.1. The second-order valence-corrected chi connectivity index (χ2v) is 5.96. The molecule has 1 fully saturated rings. The summed E-state index contributed by atoms with van der Waals surface area (Å²) < 4.78 is 4.98. The summed E-state index contributed by atoms with van der Waals surface area (Å²) in [7, 11) is 3.37. The Morgan fingerprint density at radius 3 is 2.80 bits per heavy atom. The van der Waals surface area contributed by atoms with E-state index in [1.54, 1.807) is 19.1 Å². The molecule has 0 aromatic carbocycles. The highest BCUT2D eigenvalue weighted by atomic mass is 32.1. The van der Waals surface area contributed by atoms with Gasteiger partial charge in [0.05, 0.1) is 6.61 Å². The number of likely N-dealkylation sites (N-methyl/N-ethyl adjacent to an activating group) is 1. The Balaban J connectivity index is 2.08. The number of thiazole rings is 1. The SMILES string of the molecule is COCCN(C)C(=O)c1sc(N2CCCCC2)nc1N. The van der Waals surface area contributed by atoms with Crippen molar-refractivity contribution in [2.24, 2.45) is 0 Å². The number of amides is 1. The van der Waals surface area contributed by atoms with Crippen LogP contribution in [0.1, 0.15) is 28.9 Å². The molecule has 112 valence electrons. The number of ether oxygens (including phenoxy) is 1. The normalized spacial score (nSPS) is 15.4. The predicted molar refractivity (Wildman–Crippen MR) is 81.4 cm³/mol. The van der Waals surface area contributed by atoms with E-state index in [9.17, 15) is 4.79 Å². The summed E-state index contributed by atoms with van der Waals surface area (Å²) in [6.45, 7) is 3.06. The molecule has 0 radical (unpaired) electrons. The molecule has 2 heterocycles. The number of nitrogen functional groups attached to an aromatic ring is 1. The molecule has 1 amide bonds. The first-order chi connectivity index (χ1) is 9.63. The van der Waals surface area contributed by atoms with E-state index in [4.69, 9.17) is 10.5 Å². The van der Waals surface area contributed by atoms with Gasteiger partial charge in [0.1, 0.15) is 10.7 Å². The van der Waals surface area contributed by atoms with Crippen molar-refractivity contribution >= 4 is 28.2 Å². The minimum absolute atomic E-state index is 0.0830. The highest BCUT2D eigenvalue weighted by molar-refractivity contribution is 7.18. The molecule has 6 nitrogen and oxygen atoms in total. The summed E-state index contributed by atoms with van der Waals surface area (Å²) in [6.07, 6.45) is 3.62. The average molecular weight is 298 g/mol. The number of piperidine rings is 1. The lowest BCUT2D eigenvalue weighted by Gasteiger charge is -2.25. The lowest BCUT2D eigenvalue weighted by Crippen LogP contribution is -2.30. The Morgan fingerprint density at radius 1 is 1.45 bits per heavy atom. The van der Waals surface area contributed by atoms with Gasteiger partial charge in [0.25, 0.3) is 5.91 Å². The maximum absolute atomic E-state index is 12.3. The third kappa shape index (κ3) is 3.40. The quantitative estimate of drug-likeness (QED) is 0.890. The molecule has 1 aliphatic heterocycles. The van der Waals surface area contributed by atoms with E-state index in [2.05, 4.69) is 9.88 Å². The van der Waals surface area contributed by atoms with E-state index >= 15 is 0 Å². The number of anilines is 2. The van der Waals surface area contributed by atoms with E-state index in [0.29, 0.717) is 23.8 Å². The standard InChI is InChI=1S/C13H22N4O2S/c1-16(8-9-19-2)12(18)10-11(14)15-13(20-10)17-6-4-3-5-7-17/h3-9,14H2,1-2H3. The van der Waals surface area contributed by atoms with E-state index in [1.807, 2.05) is 0 Å². The van der Waals surface area contributed by atoms with Crippen molar-refractivity contribution in [2.75, 3.05) is 51.0 Å². The summed E-state index contributed by atoms with van der Waals surface area (Å²) in [5.41, 5.74) is 5.91. The van der Waals surface area contributed by atoms with E-state index in [-0.39, 0.29) is 5.91 Å². The van der Waals surface area contributed by atoms with E-state index < -0.39 is 0 Å². The molecule has 0 atom stereocenters. The summed E-state index contributed by atoms with van der Waals surface area (Å²) >= 11 is 1.39. The zero-order valence-corrected chi connectivity index (χ0v) is 12.9. The summed E-state index contributed by atoms with van der Waals surface area (Å²) in [5, 5.41) is 0.866. The minimum atomic E-state index is -0.0830. The predicted octanol–water partition coefficient (Wildman–Crippen LogP) is 1.43. The monoisotopic (exact) mass is 298 g/mol. The lowest BCUT2D eigenvalue weighted by molar-refractivity contribution is 0.0749. The number of nitrogens with two attached hydrogens (primary N) is 1. The van der Waals surface area contributed by atoms with Crippen molar-refractivity contribution in [1.82, 2.24) is 9.88 Å². The number of hydrogen-bond donors (Lipinski definition) is 1. The maximum atomic E-state index is 12.3. The van der Waals surface area contributed by atoms with Crippen molar-refractivity contribution in [2.45, 2.75) is 19.3 Å². The highest BCUT2D eigenvalue weighted by Crippen LogP contribution is 2.30. The smallest absolute Gasteiger partial charge is 0.267 e. The molecule has 2 N–H and O–H groups in total. The number of rotatable bonds is 5. The molecule has 1 aromatic heterocycles. The van der Waals surface area contributed by atoms with Gasteiger partial charge in [0.2, 0.25) is 0 Å². The number of carbonyl (C=O) groups is 1. The maximum Gasteiger partial charge on any atom is 0.267 e. The van der Waals surface area contributed by atoms with Gasteiger partial charge in [-0.25, -0.2) is 4.98 Å². The van der Waals surface area contributed by atoms with Crippen molar-refractivity contribution in [1.29, 1.82) is 0 Å². The molecule has 7 heteroatoms. The van der Waals surface area contributed by atoms with Gasteiger partial charge in [-0.1, -0.05) is 11.3 Å². The minimum Gasteiger partial charge on any atom is -0.383 e. The Bertz CT molecular complexity index is 457. The highest BCUT2D eigenvalue weighted by Gasteiger charge is 2.22. The summed E-state index contributed by atoms with van der Waals surface area (Å²) in [4.78, 5) is 21.0. The van der Waals surface area contributed by atoms with Crippen LogP contribution in [0.4, 0.5) is 10.9 Å². The van der Waals surface area contributed by atoms with Crippen LogP contribution in [-0.2, 0) is 4.74 Å². The van der Waals surface area contributed by atoms with Gasteiger partial charge in [-0.2, -0.15) is 0 Å². The summed E-state index contributed by atoms with van der Waals surface area (Å²) in [6, 6.07) is 0. The second-order valence-electron chi connectivity index (χ2n) is 4.98. The zero-order chi connectivity index (χ0) is 14.5. The molecule has 2 rings (SSSR count). The molecule has 0 aliphatic carbocycles. The van der Waals surface area contributed by atoms with Crippen LogP contribution in [0.15, 0.2) is 0 Å². The number of nitrogens with zero attached hydrogens (tertiary/aromatic N) is 3. The Kier molecular flexibility index (Phi) is 5.19. The van der Waals surface area contributed by atoms with Crippen LogP contribution in [-0.4, -0.2) is 56.2 Å². The van der Waals surface area contributed by atoms with Crippen LogP contribution in [0.3, 0.4) is 0 Å². The fourth-order valence-corrected chi connectivity index (χ4v) is 3.23. The van der Waals surface area contributed by atoms with Gasteiger partial charge in [-0.15, -0.1) is 0 Å². The van der Waals surface area contributed by atoms with Gasteiger partial charge < -0.3 is 20.3 Å². The molecule has 1 saturated heterocycles. The molecule has 0 saturated carbocycles. The van der Waals surface area contributed by atoms with Gasteiger partial charge in [-0.3, -0.25) is 4.79 Å². The molecular formula is C13H22N4O2S. The topological polar surface area (TPSA) is 71.7 Å². The van der Waals surface area contributed by atoms with Gasteiger partial charge >= 0.3 is 0 Å². The van der Waals surface area contributed by atoms with Crippen LogP contribution >= 0.6 is 11.3 Å². The second kappa shape index (κ2) is 6.90. The van der Waals surface area contributed by atoms with Crippen molar-refractivity contribution in [3.05, 3.63) is 4.88 Å². The first-order valence-electron chi connectivity index (χ1n) is 6.89. The van der Waals surface area contributed by atoms with E-state index in [1.165, 1.54) is 30.6 Å². The zero-order valence-electron chi connectivity index (χ0n) is 12.1. The van der Waals surface area contributed by atoms with Crippen LogP contribution in [0, 0.1) is 0 Å². The number of carbonyl (C=O) groups excluding carboxylic acids is 1. The van der Waals surface area contributed by atoms with Gasteiger partial charge in [0, 0.05) is 33.8 Å². The number of hydrogen-bond acceptors (Lipinski definition) is 6. The number of aromatic nitrogens is 1. The van der Waals surface area contributed by atoms with Gasteiger partial charge in [-0.05, 0) is 19.3 Å².